The van der Waals surface area contributed by atoms with Crippen LogP contribution in [-0.2, 0) is 6.42 Å². The van der Waals surface area contributed by atoms with Crippen molar-refractivity contribution in [2.24, 2.45) is 0 Å². The lowest BCUT2D eigenvalue weighted by Gasteiger charge is -2.09. The quantitative estimate of drug-likeness (QED) is 0.538. The van der Waals surface area contributed by atoms with Gasteiger partial charge in [-0.1, -0.05) is 49.7 Å². The van der Waals surface area contributed by atoms with Crippen molar-refractivity contribution in [1.82, 2.24) is 0 Å². The number of ether oxygens (including phenoxy) is 2. The van der Waals surface area contributed by atoms with Crippen LogP contribution in [0.1, 0.15) is 18.9 Å². The molecule has 2 nitrogen and oxygen atoms in total. The third kappa shape index (κ3) is 4.36. The molecule has 0 bridgehead atoms. The molecule has 3 rings (SSSR count). The number of para-hydroxylation sites is 1. The summed E-state index contributed by atoms with van der Waals surface area (Å²) in [6, 6.07) is 25.7. The lowest BCUT2D eigenvalue weighted by atomic mass is 10.1. The molecule has 0 fully saturated rings. The van der Waals surface area contributed by atoms with Gasteiger partial charge in [0.05, 0.1) is 0 Å². The van der Waals surface area contributed by atoms with Gasteiger partial charge in [0.1, 0.15) is 23.0 Å². The van der Waals surface area contributed by atoms with Crippen LogP contribution in [-0.4, -0.2) is 0 Å². The highest BCUT2D eigenvalue weighted by Gasteiger charge is 2.02. The minimum absolute atomic E-state index is 0.760. The molecular weight excluding hydrogens is 284 g/mol. The van der Waals surface area contributed by atoms with E-state index in [0.717, 1.165) is 35.8 Å². The topological polar surface area (TPSA) is 18.5 Å². The van der Waals surface area contributed by atoms with Crippen LogP contribution in [0.5, 0.6) is 23.0 Å². The van der Waals surface area contributed by atoms with Gasteiger partial charge < -0.3 is 9.47 Å². The van der Waals surface area contributed by atoms with Crippen molar-refractivity contribution in [2.45, 2.75) is 19.8 Å². The normalized spacial score (nSPS) is 10.3. The SMILES string of the molecule is CCCc1ccc(Oc2cccc(Oc3ccccc3)c2)cc1. The fourth-order valence-corrected chi connectivity index (χ4v) is 2.37. The summed E-state index contributed by atoms with van der Waals surface area (Å²) >= 11 is 0. The summed E-state index contributed by atoms with van der Waals surface area (Å²) in [6.45, 7) is 2.18. The maximum Gasteiger partial charge on any atom is 0.131 e. The first-order valence-corrected chi connectivity index (χ1v) is 7.93. The summed E-state index contributed by atoms with van der Waals surface area (Å²) in [6.07, 6.45) is 2.25. The van der Waals surface area contributed by atoms with Crippen LogP contribution < -0.4 is 9.47 Å². The molecule has 0 saturated heterocycles. The average molecular weight is 304 g/mol. The van der Waals surface area contributed by atoms with E-state index >= 15 is 0 Å². The number of hydrogen-bond donors (Lipinski definition) is 0. The Balaban J connectivity index is 1.69. The molecule has 0 heterocycles. The average Bonchev–Trinajstić information content (AvgIpc) is 2.58. The van der Waals surface area contributed by atoms with Crippen molar-refractivity contribution in [1.29, 1.82) is 0 Å². The van der Waals surface area contributed by atoms with Gasteiger partial charge >= 0.3 is 0 Å². The maximum absolute atomic E-state index is 5.91. The van der Waals surface area contributed by atoms with Crippen molar-refractivity contribution in [3.63, 3.8) is 0 Å². The van der Waals surface area contributed by atoms with Crippen LogP contribution in [0, 0.1) is 0 Å². The van der Waals surface area contributed by atoms with Gasteiger partial charge in [-0.3, -0.25) is 0 Å². The fraction of sp³-hybridized carbons (Fsp3) is 0.143. The largest absolute Gasteiger partial charge is 0.457 e. The molecule has 2 heteroatoms. The van der Waals surface area contributed by atoms with E-state index in [2.05, 4.69) is 19.1 Å². The molecule has 0 atom stereocenters. The zero-order chi connectivity index (χ0) is 15.9. The van der Waals surface area contributed by atoms with Gasteiger partial charge in [0.2, 0.25) is 0 Å². The molecule has 116 valence electrons. The molecule has 0 amide bonds. The highest BCUT2D eigenvalue weighted by Crippen LogP contribution is 2.28. The van der Waals surface area contributed by atoms with Crippen LogP contribution in [0.15, 0.2) is 78.9 Å². The molecule has 23 heavy (non-hydrogen) atoms. The van der Waals surface area contributed by atoms with Crippen molar-refractivity contribution < 1.29 is 9.47 Å². The third-order valence-electron chi connectivity index (χ3n) is 3.48. The third-order valence-corrected chi connectivity index (χ3v) is 3.48. The Hall–Kier alpha value is -2.74. The molecule has 0 radical (unpaired) electrons. The van der Waals surface area contributed by atoms with E-state index in [9.17, 15) is 0 Å². The van der Waals surface area contributed by atoms with Crippen LogP contribution >= 0.6 is 0 Å². The Morgan fingerprint density at radius 3 is 1.78 bits per heavy atom. The molecule has 0 unspecified atom stereocenters. The first-order valence-electron chi connectivity index (χ1n) is 7.93. The Morgan fingerprint density at radius 2 is 1.17 bits per heavy atom. The second-order valence-corrected chi connectivity index (χ2v) is 5.39. The van der Waals surface area contributed by atoms with E-state index in [1.165, 1.54) is 5.56 Å². The molecule has 0 spiro atoms. The minimum atomic E-state index is 0.760. The highest BCUT2D eigenvalue weighted by atomic mass is 16.5. The van der Waals surface area contributed by atoms with E-state index in [0.29, 0.717) is 0 Å². The summed E-state index contributed by atoms with van der Waals surface area (Å²) in [5.74, 6) is 3.17. The van der Waals surface area contributed by atoms with Gasteiger partial charge in [-0.25, -0.2) is 0 Å². The fourth-order valence-electron chi connectivity index (χ4n) is 2.37. The maximum atomic E-state index is 5.91. The molecule has 0 saturated carbocycles. The summed E-state index contributed by atoms with van der Waals surface area (Å²) in [5.41, 5.74) is 1.33. The van der Waals surface area contributed by atoms with E-state index < -0.39 is 0 Å². The van der Waals surface area contributed by atoms with Crippen LogP contribution in [0.2, 0.25) is 0 Å². The van der Waals surface area contributed by atoms with Gasteiger partial charge in [-0.15, -0.1) is 0 Å². The Bertz CT molecular complexity index is 733. The Kier molecular flexibility index (Phi) is 4.95. The summed E-state index contributed by atoms with van der Waals surface area (Å²) in [7, 11) is 0. The van der Waals surface area contributed by atoms with Crippen LogP contribution in [0.3, 0.4) is 0 Å². The van der Waals surface area contributed by atoms with Crippen molar-refractivity contribution in [3.8, 4) is 23.0 Å². The minimum Gasteiger partial charge on any atom is -0.457 e. The van der Waals surface area contributed by atoms with Gasteiger partial charge in [0.15, 0.2) is 0 Å². The van der Waals surface area contributed by atoms with Crippen LogP contribution in [0.25, 0.3) is 0 Å². The molecule has 3 aromatic rings. The zero-order valence-electron chi connectivity index (χ0n) is 13.2. The molecule has 3 aromatic carbocycles. The molecule has 0 aliphatic heterocycles. The molecule has 0 aromatic heterocycles. The zero-order valence-corrected chi connectivity index (χ0v) is 13.2. The Labute approximate surface area is 137 Å². The van der Waals surface area contributed by atoms with Gasteiger partial charge in [-0.2, -0.15) is 0 Å². The second-order valence-electron chi connectivity index (χ2n) is 5.39. The number of rotatable bonds is 6. The lowest BCUT2D eigenvalue weighted by Crippen LogP contribution is -1.88. The lowest BCUT2D eigenvalue weighted by molar-refractivity contribution is 0.460. The first kappa shape index (κ1) is 15.2. The summed E-state index contributed by atoms with van der Waals surface area (Å²) < 4.78 is 11.7. The van der Waals surface area contributed by atoms with E-state index in [1.54, 1.807) is 0 Å². The van der Waals surface area contributed by atoms with Gasteiger partial charge in [0.25, 0.3) is 0 Å². The van der Waals surface area contributed by atoms with Crippen molar-refractivity contribution in [2.75, 3.05) is 0 Å². The van der Waals surface area contributed by atoms with Crippen LogP contribution in [0.4, 0.5) is 0 Å². The first-order chi connectivity index (χ1) is 11.3. The van der Waals surface area contributed by atoms with E-state index in [1.807, 2.05) is 66.7 Å². The summed E-state index contributed by atoms with van der Waals surface area (Å²) in [5, 5.41) is 0. The highest BCUT2D eigenvalue weighted by molar-refractivity contribution is 5.39. The number of hydrogen-bond acceptors (Lipinski definition) is 2. The summed E-state index contributed by atoms with van der Waals surface area (Å²) in [4.78, 5) is 0. The smallest absolute Gasteiger partial charge is 0.131 e. The Morgan fingerprint density at radius 1 is 0.609 bits per heavy atom. The number of aryl methyl sites for hydroxylation is 1. The predicted molar refractivity (Wildman–Crippen MR) is 93.5 cm³/mol. The molecule has 0 aliphatic rings. The molecule has 0 N–H and O–H groups in total. The van der Waals surface area contributed by atoms with Gasteiger partial charge in [-0.05, 0) is 48.4 Å². The molecular formula is C21H20O2. The van der Waals surface area contributed by atoms with E-state index in [-0.39, 0.29) is 0 Å². The number of benzene rings is 3. The molecule has 0 aliphatic carbocycles. The second kappa shape index (κ2) is 7.50. The predicted octanol–water partition coefficient (Wildman–Crippen LogP) is 6.22. The van der Waals surface area contributed by atoms with Crippen molar-refractivity contribution >= 4 is 0 Å². The standard InChI is InChI=1S/C21H20O2/c1-2-7-17-12-14-19(15-13-17)23-21-11-6-10-20(16-21)22-18-8-4-3-5-9-18/h3-6,8-16H,2,7H2,1H3. The van der Waals surface area contributed by atoms with Crippen molar-refractivity contribution in [3.05, 3.63) is 84.4 Å². The van der Waals surface area contributed by atoms with Gasteiger partial charge in [0, 0.05) is 6.07 Å². The van der Waals surface area contributed by atoms with E-state index in [4.69, 9.17) is 9.47 Å². The monoisotopic (exact) mass is 304 g/mol.